The van der Waals surface area contributed by atoms with E-state index < -0.39 is 6.17 Å². The summed E-state index contributed by atoms with van der Waals surface area (Å²) in [6, 6.07) is 7.89. The van der Waals surface area contributed by atoms with Gasteiger partial charge in [0.25, 0.3) is 0 Å². The lowest BCUT2D eigenvalue weighted by atomic mass is 10.1. The number of rotatable bonds is 5. The second kappa shape index (κ2) is 7.52. The molecule has 1 aliphatic heterocycles. The van der Waals surface area contributed by atoms with Crippen molar-refractivity contribution in [3.8, 4) is 11.1 Å². The molecular formula is C20H22FN5O. The maximum Gasteiger partial charge on any atom is 0.152 e. The highest BCUT2D eigenvalue weighted by atomic mass is 19.1. The molecule has 0 atom stereocenters. The number of piperidine rings is 1. The van der Waals surface area contributed by atoms with Gasteiger partial charge in [0.15, 0.2) is 5.78 Å². The first-order valence-corrected chi connectivity index (χ1v) is 9.20. The minimum absolute atomic E-state index is 0.0874. The Balaban J connectivity index is 1.48. The third-order valence-corrected chi connectivity index (χ3v) is 4.97. The number of aromatic nitrogens is 4. The minimum atomic E-state index is -0.725. The van der Waals surface area contributed by atoms with Crippen molar-refractivity contribution in [1.29, 1.82) is 0 Å². The van der Waals surface area contributed by atoms with E-state index in [1.807, 2.05) is 48.6 Å². The molecule has 0 saturated carbocycles. The second-order valence-electron chi connectivity index (χ2n) is 7.18. The summed E-state index contributed by atoms with van der Waals surface area (Å²) in [5.41, 5.74) is 3.54. The van der Waals surface area contributed by atoms with Gasteiger partial charge in [0.05, 0.1) is 30.4 Å². The standard InChI is InChI=1S/C20H22FN5O/c1-25-12-16(11-22-25)14-2-3-20-15(8-14)9-18(23-24-20)10-19(27)13-26-6-4-17(21)5-7-26/h2-3,8-9,11-12,17H,4-7,10,13H2,1H3. The zero-order chi connectivity index (χ0) is 18.8. The lowest BCUT2D eigenvalue weighted by Crippen LogP contribution is -2.38. The monoisotopic (exact) mass is 367 g/mol. The Morgan fingerprint density at radius 2 is 2.00 bits per heavy atom. The molecule has 140 valence electrons. The van der Waals surface area contributed by atoms with Gasteiger partial charge in [0.1, 0.15) is 6.17 Å². The molecule has 0 bridgehead atoms. The van der Waals surface area contributed by atoms with Gasteiger partial charge in [0, 0.05) is 37.3 Å². The molecule has 7 heteroatoms. The number of likely N-dealkylation sites (tertiary alicyclic amines) is 1. The second-order valence-corrected chi connectivity index (χ2v) is 7.18. The number of halogens is 1. The van der Waals surface area contributed by atoms with Gasteiger partial charge < -0.3 is 0 Å². The molecule has 1 aliphatic rings. The number of hydrogen-bond donors (Lipinski definition) is 0. The van der Waals surface area contributed by atoms with Gasteiger partial charge in [-0.3, -0.25) is 14.4 Å². The molecular weight excluding hydrogens is 345 g/mol. The van der Waals surface area contributed by atoms with Crippen LogP contribution in [0.4, 0.5) is 4.39 Å². The van der Waals surface area contributed by atoms with E-state index in [0.717, 1.165) is 22.0 Å². The molecule has 1 aromatic carbocycles. The highest BCUT2D eigenvalue weighted by Crippen LogP contribution is 2.23. The number of benzene rings is 1. The van der Waals surface area contributed by atoms with Crippen molar-refractivity contribution in [2.45, 2.75) is 25.4 Å². The Labute approximate surface area is 157 Å². The first kappa shape index (κ1) is 17.7. The fourth-order valence-electron chi connectivity index (χ4n) is 3.49. The Bertz CT molecular complexity index is 962. The zero-order valence-electron chi connectivity index (χ0n) is 15.3. The molecule has 3 heterocycles. The van der Waals surface area contributed by atoms with Crippen LogP contribution in [0, 0.1) is 0 Å². The van der Waals surface area contributed by atoms with Gasteiger partial charge in [-0.1, -0.05) is 6.07 Å². The summed E-state index contributed by atoms with van der Waals surface area (Å²) in [5, 5.41) is 13.6. The van der Waals surface area contributed by atoms with Gasteiger partial charge in [-0.25, -0.2) is 4.39 Å². The van der Waals surface area contributed by atoms with E-state index in [-0.39, 0.29) is 12.2 Å². The summed E-state index contributed by atoms with van der Waals surface area (Å²) in [5.74, 6) is 0.0874. The maximum absolute atomic E-state index is 13.2. The van der Waals surface area contributed by atoms with Crippen molar-refractivity contribution in [1.82, 2.24) is 24.9 Å². The average Bonchev–Trinajstić information content (AvgIpc) is 3.09. The highest BCUT2D eigenvalue weighted by Gasteiger charge is 2.20. The van der Waals surface area contributed by atoms with Crippen molar-refractivity contribution >= 4 is 16.7 Å². The van der Waals surface area contributed by atoms with E-state index >= 15 is 0 Å². The van der Waals surface area contributed by atoms with Crippen molar-refractivity contribution in [2.24, 2.45) is 7.05 Å². The molecule has 27 heavy (non-hydrogen) atoms. The lowest BCUT2D eigenvalue weighted by Gasteiger charge is -2.27. The molecule has 1 saturated heterocycles. The molecule has 4 rings (SSSR count). The average molecular weight is 367 g/mol. The normalized spacial score (nSPS) is 16.1. The first-order valence-electron chi connectivity index (χ1n) is 9.20. The van der Waals surface area contributed by atoms with Crippen LogP contribution in [0.2, 0.25) is 0 Å². The van der Waals surface area contributed by atoms with E-state index in [9.17, 15) is 9.18 Å². The van der Waals surface area contributed by atoms with Gasteiger partial charge in [0.2, 0.25) is 0 Å². The molecule has 0 amide bonds. The topological polar surface area (TPSA) is 63.9 Å². The van der Waals surface area contributed by atoms with Gasteiger partial charge in [-0.15, -0.1) is 0 Å². The number of aryl methyl sites for hydroxylation is 1. The SMILES string of the molecule is Cn1cc(-c2ccc3nnc(CC(=O)CN4CCC(F)CC4)cc3c2)cn1. The van der Waals surface area contributed by atoms with Crippen molar-refractivity contribution < 1.29 is 9.18 Å². The number of carbonyl (C=O) groups is 1. The third kappa shape index (κ3) is 4.19. The molecule has 0 aliphatic carbocycles. The smallest absolute Gasteiger partial charge is 0.152 e. The Morgan fingerprint density at radius 3 is 2.74 bits per heavy atom. The van der Waals surface area contributed by atoms with E-state index in [2.05, 4.69) is 15.3 Å². The fourth-order valence-corrected chi connectivity index (χ4v) is 3.49. The van der Waals surface area contributed by atoms with Crippen LogP contribution in [0.5, 0.6) is 0 Å². The van der Waals surface area contributed by atoms with Gasteiger partial charge in [-0.2, -0.15) is 15.3 Å². The number of hydrogen-bond acceptors (Lipinski definition) is 5. The van der Waals surface area contributed by atoms with E-state index in [1.54, 1.807) is 4.68 Å². The molecule has 0 spiro atoms. The summed E-state index contributed by atoms with van der Waals surface area (Å²) >= 11 is 0. The summed E-state index contributed by atoms with van der Waals surface area (Å²) in [7, 11) is 1.88. The van der Waals surface area contributed by atoms with E-state index in [0.29, 0.717) is 38.2 Å². The Kier molecular flexibility index (Phi) is 4.94. The zero-order valence-corrected chi connectivity index (χ0v) is 15.3. The quantitative estimate of drug-likeness (QED) is 0.694. The Hall–Kier alpha value is -2.67. The van der Waals surface area contributed by atoms with Crippen LogP contribution < -0.4 is 0 Å². The third-order valence-electron chi connectivity index (χ3n) is 4.97. The van der Waals surface area contributed by atoms with Crippen LogP contribution in [0.15, 0.2) is 36.7 Å². The summed E-state index contributed by atoms with van der Waals surface area (Å²) in [6.45, 7) is 1.64. The van der Waals surface area contributed by atoms with Crippen molar-refractivity contribution in [3.63, 3.8) is 0 Å². The van der Waals surface area contributed by atoms with Crippen molar-refractivity contribution in [2.75, 3.05) is 19.6 Å². The summed E-state index contributed by atoms with van der Waals surface area (Å²) in [6.07, 6.45) is 4.33. The van der Waals surface area contributed by atoms with Crippen LogP contribution in [0.25, 0.3) is 22.0 Å². The molecule has 6 nitrogen and oxygen atoms in total. The number of alkyl halides is 1. The largest absolute Gasteiger partial charge is 0.298 e. The van der Waals surface area contributed by atoms with Crippen LogP contribution in [0.3, 0.4) is 0 Å². The molecule has 3 aromatic rings. The van der Waals surface area contributed by atoms with Crippen LogP contribution in [0.1, 0.15) is 18.5 Å². The first-order chi connectivity index (χ1) is 13.1. The predicted octanol–water partition coefficient (Wildman–Crippen LogP) is 2.58. The fraction of sp³-hybridized carbons (Fsp3) is 0.400. The van der Waals surface area contributed by atoms with Crippen molar-refractivity contribution in [3.05, 3.63) is 42.4 Å². The predicted molar refractivity (Wildman–Crippen MR) is 101 cm³/mol. The van der Waals surface area contributed by atoms with Crippen LogP contribution in [-0.2, 0) is 18.3 Å². The summed E-state index contributed by atoms with van der Waals surface area (Å²) in [4.78, 5) is 14.4. The van der Waals surface area contributed by atoms with Gasteiger partial charge >= 0.3 is 0 Å². The number of fused-ring (bicyclic) bond motifs is 1. The van der Waals surface area contributed by atoms with E-state index in [4.69, 9.17) is 0 Å². The number of ketones is 1. The maximum atomic E-state index is 13.2. The minimum Gasteiger partial charge on any atom is -0.298 e. The molecule has 0 unspecified atom stereocenters. The Morgan fingerprint density at radius 1 is 1.19 bits per heavy atom. The highest BCUT2D eigenvalue weighted by molar-refractivity contribution is 5.86. The number of Topliss-reactive ketones (excluding diaryl/α,β-unsaturated/α-hetero) is 1. The number of nitrogens with zero attached hydrogens (tertiary/aromatic N) is 5. The molecule has 0 radical (unpaired) electrons. The van der Waals surface area contributed by atoms with Crippen LogP contribution >= 0.6 is 0 Å². The lowest BCUT2D eigenvalue weighted by molar-refractivity contribution is -0.120. The van der Waals surface area contributed by atoms with Crippen LogP contribution in [-0.4, -0.2) is 56.5 Å². The number of carbonyl (C=O) groups excluding carboxylic acids is 1. The molecule has 1 fully saturated rings. The summed E-state index contributed by atoms with van der Waals surface area (Å²) < 4.78 is 15.0. The van der Waals surface area contributed by atoms with E-state index in [1.165, 1.54) is 0 Å². The molecule has 0 N–H and O–H groups in total. The molecule has 2 aromatic heterocycles. The van der Waals surface area contributed by atoms with Gasteiger partial charge in [-0.05, 0) is 36.6 Å².